The highest BCUT2D eigenvalue weighted by Crippen LogP contribution is 2.35. The maximum absolute atomic E-state index is 6.14. The Hall–Kier alpha value is -1.51. The van der Waals surface area contributed by atoms with E-state index in [1.54, 1.807) is 0 Å². The minimum absolute atomic E-state index is 0. The predicted octanol–water partition coefficient (Wildman–Crippen LogP) is 4.46. The van der Waals surface area contributed by atoms with Crippen LogP contribution in [-0.4, -0.2) is 13.1 Å². The molecule has 2 aromatic rings. The number of halogens is 1. The van der Waals surface area contributed by atoms with Gasteiger partial charge < -0.3 is 10.1 Å². The van der Waals surface area contributed by atoms with Gasteiger partial charge in [0.15, 0.2) is 0 Å². The summed E-state index contributed by atoms with van der Waals surface area (Å²) in [6, 6.07) is 16.8. The molecular formula is C19H24ClNO. The van der Waals surface area contributed by atoms with Gasteiger partial charge in [-0.15, -0.1) is 12.4 Å². The normalized spacial score (nSPS) is 15.1. The standard InChI is InChI=1S/C19H23NO.ClH/c1-15-6-5-9-18(19(15)17-10-12-20-13-11-17)21-14-16-7-3-2-4-8-16;/h2-9,17,20H,10-14H2,1H3;1H. The maximum Gasteiger partial charge on any atom is 0.123 e. The van der Waals surface area contributed by atoms with Gasteiger partial charge in [0.2, 0.25) is 0 Å². The first-order valence-corrected chi connectivity index (χ1v) is 7.81. The van der Waals surface area contributed by atoms with Crippen LogP contribution in [0.25, 0.3) is 0 Å². The second-order valence-corrected chi connectivity index (χ2v) is 5.79. The Kier molecular flexibility index (Phi) is 6.29. The Morgan fingerprint density at radius 3 is 2.45 bits per heavy atom. The fourth-order valence-corrected chi connectivity index (χ4v) is 3.15. The zero-order valence-corrected chi connectivity index (χ0v) is 13.9. The molecule has 1 heterocycles. The molecule has 0 unspecified atom stereocenters. The van der Waals surface area contributed by atoms with Crippen LogP contribution < -0.4 is 10.1 Å². The number of benzene rings is 2. The van der Waals surface area contributed by atoms with Crippen molar-refractivity contribution in [3.8, 4) is 5.75 Å². The van der Waals surface area contributed by atoms with Gasteiger partial charge in [-0.1, -0.05) is 42.5 Å². The number of aryl methyl sites for hydroxylation is 1. The molecule has 3 rings (SSSR count). The SMILES string of the molecule is Cc1cccc(OCc2ccccc2)c1C1CCNCC1.Cl. The molecular weight excluding hydrogens is 294 g/mol. The third kappa shape index (κ3) is 4.02. The highest BCUT2D eigenvalue weighted by molar-refractivity contribution is 5.85. The van der Waals surface area contributed by atoms with E-state index >= 15 is 0 Å². The Morgan fingerprint density at radius 2 is 1.73 bits per heavy atom. The first-order valence-electron chi connectivity index (χ1n) is 7.81. The van der Waals surface area contributed by atoms with Gasteiger partial charge in [-0.2, -0.15) is 0 Å². The Bertz CT molecular complexity index is 579. The summed E-state index contributed by atoms with van der Waals surface area (Å²) in [7, 11) is 0. The molecule has 0 radical (unpaired) electrons. The number of rotatable bonds is 4. The highest BCUT2D eigenvalue weighted by atomic mass is 35.5. The van der Waals surface area contributed by atoms with Crippen molar-refractivity contribution < 1.29 is 4.74 Å². The summed E-state index contributed by atoms with van der Waals surface area (Å²) in [4.78, 5) is 0. The van der Waals surface area contributed by atoms with Crippen LogP contribution >= 0.6 is 12.4 Å². The third-order valence-electron chi connectivity index (χ3n) is 4.27. The maximum atomic E-state index is 6.14. The van der Waals surface area contributed by atoms with E-state index in [9.17, 15) is 0 Å². The van der Waals surface area contributed by atoms with E-state index in [0.717, 1.165) is 18.8 Å². The molecule has 0 spiro atoms. The van der Waals surface area contributed by atoms with E-state index in [2.05, 4.69) is 54.7 Å². The van der Waals surface area contributed by atoms with Crippen LogP contribution in [0.3, 0.4) is 0 Å². The number of nitrogens with one attached hydrogen (secondary N) is 1. The zero-order valence-electron chi connectivity index (χ0n) is 13.0. The molecule has 2 nitrogen and oxygen atoms in total. The van der Waals surface area contributed by atoms with Gasteiger partial charge in [0, 0.05) is 5.56 Å². The van der Waals surface area contributed by atoms with Gasteiger partial charge in [0.25, 0.3) is 0 Å². The summed E-state index contributed by atoms with van der Waals surface area (Å²) >= 11 is 0. The van der Waals surface area contributed by atoms with Gasteiger partial charge in [-0.25, -0.2) is 0 Å². The van der Waals surface area contributed by atoms with E-state index < -0.39 is 0 Å². The van der Waals surface area contributed by atoms with Crippen LogP contribution in [0.2, 0.25) is 0 Å². The van der Waals surface area contributed by atoms with Crippen LogP contribution in [0, 0.1) is 6.92 Å². The quantitative estimate of drug-likeness (QED) is 0.898. The Balaban J connectivity index is 0.00000176. The molecule has 3 heteroatoms. The molecule has 1 aliphatic heterocycles. The summed E-state index contributed by atoms with van der Waals surface area (Å²) in [6.07, 6.45) is 2.40. The van der Waals surface area contributed by atoms with Crippen molar-refractivity contribution in [1.82, 2.24) is 5.32 Å². The fourth-order valence-electron chi connectivity index (χ4n) is 3.15. The summed E-state index contributed by atoms with van der Waals surface area (Å²) in [5, 5.41) is 3.44. The van der Waals surface area contributed by atoms with E-state index in [1.807, 2.05) is 6.07 Å². The highest BCUT2D eigenvalue weighted by Gasteiger charge is 2.20. The molecule has 1 N–H and O–H groups in total. The van der Waals surface area contributed by atoms with Crippen molar-refractivity contribution >= 4 is 12.4 Å². The van der Waals surface area contributed by atoms with Crippen LogP contribution in [0.15, 0.2) is 48.5 Å². The van der Waals surface area contributed by atoms with Crippen molar-refractivity contribution in [2.45, 2.75) is 32.3 Å². The summed E-state index contributed by atoms with van der Waals surface area (Å²) in [6.45, 7) is 5.06. The molecule has 1 aliphatic rings. The van der Waals surface area contributed by atoms with Gasteiger partial charge in [-0.3, -0.25) is 0 Å². The minimum Gasteiger partial charge on any atom is -0.489 e. The summed E-state index contributed by atoms with van der Waals surface area (Å²) < 4.78 is 6.14. The van der Waals surface area contributed by atoms with Crippen molar-refractivity contribution in [3.05, 3.63) is 65.2 Å². The smallest absolute Gasteiger partial charge is 0.123 e. The van der Waals surface area contributed by atoms with Crippen LogP contribution in [0.4, 0.5) is 0 Å². The van der Waals surface area contributed by atoms with Crippen LogP contribution in [0.5, 0.6) is 5.75 Å². The van der Waals surface area contributed by atoms with Crippen molar-refractivity contribution in [2.75, 3.05) is 13.1 Å². The molecule has 0 aromatic heterocycles. The van der Waals surface area contributed by atoms with E-state index in [-0.39, 0.29) is 12.4 Å². The number of ether oxygens (including phenoxy) is 1. The summed E-state index contributed by atoms with van der Waals surface area (Å²) in [5.74, 6) is 1.68. The van der Waals surface area contributed by atoms with Gasteiger partial charge in [0.05, 0.1) is 0 Å². The molecule has 1 fully saturated rings. The number of hydrogen-bond acceptors (Lipinski definition) is 2. The van der Waals surface area contributed by atoms with Gasteiger partial charge in [-0.05, 0) is 56.0 Å². The van der Waals surface area contributed by atoms with Crippen molar-refractivity contribution in [1.29, 1.82) is 0 Å². The monoisotopic (exact) mass is 317 g/mol. The first kappa shape index (κ1) is 16.9. The number of hydrogen-bond donors (Lipinski definition) is 1. The second kappa shape index (κ2) is 8.21. The Morgan fingerprint density at radius 1 is 1.00 bits per heavy atom. The van der Waals surface area contributed by atoms with Crippen molar-refractivity contribution in [3.63, 3.8) is 0 Å². The largest absolute Gasteiger partial charge is 0.489 e. The molecule has 0 aliphatic carbocycles. The molecule has 0 saturated carbocycles. The fraction of sp³-hybridized carbons (Fsp3) is 0.368. The van der Waals surface area contributed by atoms with Gasteiger partial charge in [0.1, 0.15) is 12.4 Å². The van der Waals surface area contributed by atoms with Gasteiger partial charge >= 0.3 is 0 Å². The lowest BCUT2D eigenvalue weighted by molar-refractivity contribution is 0.297. The van der Waals surface area contributed by atoms with Crippen molar-refractivity contribution in [2.24, 2.45) is 0 Å². The molecule has 2 aromatic carbocycles. The number of piperidine rings is 1. The first-order chi connectivity index (χ1) is 10.3. The minimum atomic E-state index is 0. The lowest BCUT2D eigenvalue weighted by Gasteiger charge is -2.26. The third-order valence-corrected chi connectivity index (χ3v) is 4.27. The second-order valence-electron chi connectivity index (χ2n) is 5.79. The predicted molar refractivity (Wildman–Crippen MR) is 94.0 cm³/mol. The summed E-state index contributed by atoms with van der Waals surface area (Å²) in [5.41, 5.74) is 3.98. The van der Waals surface area contributed by atoms with Crippen LogP contribution in [0.1, 0.15) is 35.4 Å². The lowest BCUT2D eigenvalue weighted by Crippen LogP contribution is -2.27. The molecule has 118 valence electrons. The average molecular weight is 318 g/mol. The lowest BCUT2D eigenvalue weighted by atomic mass is 9.87. The topological polar surface area (TPSA) is 21.3 Å². The van der Waals surface area contributed by atoms with E-state index in [1.165, 1.54) is 29.5 Å². The molecule has 0 atom stereocenters. The zero-order chi connectivity index (χ0) is 14.5. The van der Waals surface area contributed by atoms with E-state index in [0.29, 0.717) is 12.5 Å². The molecule has 0 amide bonds. The molecule has 22 heavy (non-hydrogen) atoms. The van der Waals surface area contributed by atoms with Crippen LogP contribution in [-0.2, 0) is 6.61 Å². The average Bonchev–Trinajstić information content (AvgIpc) is 2.55. The van der Waals surface area contributed by atoms with E-state index in [4.69, 9.17) is 4.74 Å². The molecule has 1 saturated heterocycles. The Labute approximate surface area is 139 Å². The molecule has 0 bridgehead atoms.